The van der Waals surface area contributed by atoms with Crippen molar-refractivity contribution in [2.45, 2.75) is 39.5 Å². The van der Waals surface area contributed by atoms with Crippen molar-refractivity contribution in [2.24, 2.45) is 0 Å². The van der Waals surface area contributed by atoms with E-state index in [2.05, 4.69) is 15.3 Å². The molecule has 0 bridgehead atoms. The van der Waals surface area contributed by atoms with Crippen molar-refractivity contribution in [2.75, 3.05) is 5.73 Å². The second kappa shape index (κ2) is 10.4. The number of ether oxygens (including phenoxy) is 1. The van der Waals surface area contributed by atoms with E-state index in [0.29, 0.717) is 16.0 Å². The van der Waals surface area contributed by atoms with Gasteiger partial charge in [-0.2, -0.15) is 0 Å². The minimum Gasteiger partial charge on any atom is -0.459 e. The lowest BCUT2D eigenvalue weighted by Gasteiger charge is -2.20. The van der Waals surface area contributed by atoms with E-state index in [-0.39, 0.29) is 23.6 Å². The molecular formula is C27H26ClN5O4. The first-order valence-corrected chi connectivity index (χ1v) is 11.9. The highest BCUT2D eigenvalue weighted by Crippen LogP contribution is 2.28. The molecule has 3 N–H and O–H groups in total. The van der Waals surface area contributed by atoms with E-state index in [1.165, 1.54) is 6.07 Å². The molecule has 0 saturated carbocycles. The Morgan fingerprint density at radius 2 is 1.76 bits per heavy atom. The first-order chi connectivity index (χ1) is 17.5. The van der Waals surface area contributed by atoms with E-state index in [0.717, 1.165) is 15.7 Å². The van der Waals surface area contributed by atoms with Gasteiger partial charge in [0.1, 0.15) is 29.2 Å². The van der Waals surface area contributed by atoms with Crippen LogP contribution in [0.5, 0.6) is 0 Å². The maximum Gasteiger partial charge on any atom is 0.326 e. The Labute approximate surface area is 218 Å². The summed E-state index contributed by atoms with van der Waals surface area (Å²) in [5, 5.41) is 3.79. The van der Waals surface area contributed by atoms with Gasteiger partial charge in [0.25, 0.3) is 11.5 Å². The Morgan fingerprint density at radius 1 is 1.08 bits per heavy atom. The van der Waals surface area contributed by atoms with Crippen LogP contribution in [-0.4, -0.2) is 32.0 Å². The number of hydrogen-bond donors (Lipinski definition) is 2. The van der Waals surface area contributed by atoms with Gasteiger partial charge in [-0.1, -0.05) is 23.7 Å². The third kappa shape index (κ3) is 6.13. The molecular weight excluding hydrogens is 494 g/mol. The minimum absolute atomic E-state index is 0.141. The van der Waals surface area contributed by atoms with Crippen molar-refractivity contribution in [1.29, 1.82) is 0 Å². The zero-order valence-corrected chi connectivity index (χ0v) is 21.4. The Hall–Kier alpha value is -4.24. The third-order valence-electron chi connectivity index (χ3n) is 5.40. The Kier molecular flexibility index (Phi) is 7.26. The van der Waals surface area contributed by atoms with Gasteiger partial charge in [0.2, 0.25) is 0 Å². The van der Waals surface area contributed by atoms with Crippen LogP contribution in [0.3, 0.4) is 0 Å². The highest BCUT2D eigenvalue weighted by Gasteiger charge is 2.22. The number of nitrogen functional groups attached to an aromatic ring is 1. The lowest BCUT2D eigenvalue weighted by molar-refractivity contribution is -0.155. The molecule has 0 aliphatic carbocycles. The highest BCUT2D eigenvalue weighted by atomic mass is 35.5. The summed E-state index contributed by atoms with van der Waals surface area (Å²) in [7, 11) is 0. The number of halogens is 1. The molecule has 0 atom stereocenters. The number of amides is 1. The lowest BCUT2D eigenvalue weighted by atomic mass is 10.1. The van der Waals surface area contributed by atoms with Gasteiger partial charge in [-0.3, -0.25) is 23.9 Å². The molecule has 0 radical (unpaired) electrons. The average molecular weight is 520 g/mol. The molecule has 37 heavy (non-hydrogen) atoms. The number of carbonyl (C=O) groups is 2. The molecule has 0 unspecified atom stereocenters. The van der Waals surface area contributed by atoms with Crippen LogP contribution in [0.4, 0.5) is 5.82 Å². The molecule has 0 fully saturated rings. The van der Waals surface area contributed by atoms with Crippen LogP contribution in [0.25, 0.3) is 22.2 Å². The number of benzene rings is 1. The van der Waals surface area contributed by atoms with Crippen molar-refractivity contribution in [3.63, 3.8) is 0 Å². The van der Waals surface area contributed by atoms with Crippen LogP contribution in [0.2, 0.25) is 5.02 Å². The molecule has 1 aromatic carbocycles. The standard InChI is InChI=1S/C27H26ClN5O4/c1-27(2,3)37-22(34)15-33-24-18(12-20(23(29)32-24)17-8-10-30-11-9-17)13-21(26(33)36)25(35)31-14-16-4-6-19(28)7-5-16/h4-13H,14-15H2,1-3H3,(H2,29,32)(H,31,35). The van der Waals surface area contributed by atoms with E-state index in [1.54, 1.807) is 75.6 Å². The van der Waals surface area contributed by atoms with Gasteiger partial charge in [0.05, 0.1) is 0 Å². The second-order valence-corrected chi connectivity index (χ2v) is 9.85. The summed E-state index contributed by atoms with van der Waals surface area (Å²) in [6.45, 7) is 4.92. The molecule has 0 spiro atoms. The van der Waals surface area contributed by atoms with Crippen molar-refractivity contribution < 1.29 is 14.3 Å². The molecule has 9 nitrogen and oxygen atoms in total. The van der Waals surface area contributed by atoms with E-state index in [9.17, 15) is 14.4 Å². The summed E-state index contributed by atoms with van der Waals surface area (Å²) in [6.07, 6.45) is 3.25. The van der Waals surface area contributed by atoms with Crippen molar-refractivity contribution in [1.82, 2.24) is 19.9 Å². The smallest absolute Gasteiger partial charge is 0.326 e. The minimum atomic E-state index is -0.759. The van der Waals surface area contributed by atoms with Gasteiger partial charge in [0, 0.05) is 34.9 Å². The largest absolute Gasteiger partial charge is 0.459 e. The number of anilines is 1. The maximum atomic E-state index is 13.4. The average Bonchev–Trinajstić information content (AvgIpc) is 2.84. The quantitative estimate of drug-likeness (QED) is 0.369. The maximum absolute atomic E-state index is 13.4. The number of fused-ring (bicyclic) bond motifs is 1. The Balaban J connectivity index is 1.79. The zero-order chi connectivity index (χ0) is 26.7. The topological polar surface area (TPSA) is 129 Å². The van der Waals surface area contributed by atoms with Gasteiger partial charge in [0.15, 0.2) is 0 Å². The van der Waals surface area contributed by atoms with Gasteiger partial charge in [-0.05, 0) is 68.3 Å². The molecule has 3 aromatic heterocycles. The number of rotatable bonds is 6. The molecule has 1 amide bonds. The number of hydrogen-bond acceptors (Lipinski definition) is 7. The van der Waals surface area contributed by atoms with Crippen LogP contribution in [0, 0.1) is 0 Å². The first-order valence-electron chi connectivity index (χ1n) is 11.5. The summed E-state index contributed by atoms with van der Waals surface area (Å²) in [5.74, 6) is -1.08. The van der Waals surface area contributed by atoms with Gasteiger partial charge < -0.3 is 15.8 Å². The number of aromatic nitrogens is 3. The van der Waals surface area contributed by atoms with Gasteiger partial charge in [-0.25, -0.2) is 4.98 Å². The zero-order valence-electron chi connectivity index (χ0n) is 20.6. The van der Waals surface area contributed by atoms with Crippen molar-refractivity contribution in [3.05, 3.63) is 87.4 Å². The van der Waals surface area contributed by atoms with Crippen LogP contribution in [-0.2, 0) is 22.6 Å². The van der Waals surface area contributed by atoms with Crippen LogP contribution in [0.1, 0.15) is 36.7 Å². The predicted octanol–water partition coefficient (Wildman–Crippen LogP) is 3.97. The number of nitrogens with one attached hydrogen (secondary N) is 1. The fourth-order valence-electron chi connectivity index (χ4n) is 3.77. The summed E-state index contributed by atoms with van der Waals surface area (Å²) in [6, 6.07) is 13.7. The summed E-state index contributed by atoms with van der Waals surface area (Å²) in [5.41, 5.74) is 6.99. The Bertz CT molecular complexity index is 1530. The molecule has 4 aromatic rings. The van der Waals surface area contributed by atoms with Crippen LogP contribution in [0.15, 0.2) is 65.7 Å². The normalized spacial score (nSPS) is 11.4. The van der Waals surface area contributed by atoms with Gasteiger partial charge in [-0.15, -0.1) is 0 Å². The van der Waals surface area contributed by atoms with Gasteiger partial charge >= 0.3 is 5.97 Å². The van der Waals surface area contributed by atoms with Crippen molar-refractivity contribution in [3.8, 4) is 11.1 Å². The number of nitrogens with zero attached hydrogens (tertiary/aromatic N) is 3. The molecule has 0 aliphatic rings. The SMILES string of the molecule is CC(C)(C)OC(=O)Cn1c(=O)c(C(=O)NCc2ccc(Cl)cc2)cc2cc(-c3ccncc3)c(N)nc21. The summed E-state index contributed by atoms with van der Waals surface area (Å²) < 4.78 is 6.53. The summed E-state index contributed by atoms with van der Waals surface area (Å²) >= 11 is 5.93. The molecule has 10 heteroatoms. The monoisotopic (exact) mass is 519 g/mol. The van der Waals surface area contributed by atoms with E-state index in [4.69, 9.17) is 22.1 Å². The number of esters is 1. The van der Waals surface area contributed by atoms with Crippen LogP contribution >= 0.6 is 11.6 Å². The second-order valence-electron chi connectivity index (χ2n) is 9.41. The first kappa shape index (κ1) is 25.8. The number of pyridine rings is 3. The molecule has 3 heterocycles. The third-order valence-corrected chi connectivity index (χ3v) is 5.65. The van der Waals surface area contributed by atoms with Crippen molar-refractivity contribution >= 4 is 40.3 Å². The molecule has 4 rings (SSSR count). The van der Waals surface area contributed by atoms with E-state index >= 15 is 0 Å². The highest BCUT2D eigenvalue weighted by molar-refractivity contribution is 6.30. The summed E-state index contributed by atoms with van der Waals surface area (Å²) in [4.78, 5) is 47.7. The van der Waals surface area contributed by atoms with Crippen LogP contribution < -0.4 is 16.6 Å². The van der Waals surface area contributed by atoms with E-state index < -0.39 is 29.6 Å². The fourth-order valence-corrected chi connectivity index (χ4v) is 3.89. The molecule has 0 aliphatic heterocycles. The van der Waals surface area contributed by atoms with E-state index in [1.807, 2.05) is 0 Å². The number of nitrogens with two attached hydrogens (primary N) is 1. The molecule has 190 valence electrons. The molecule has 0 saturated heterocycles. The lowest BCUT2D eigenvalue weighted by Crippen LogP contribution is -2.36. The number of carbonyl (C=O) groups excluding carboxylic acids is 2. The fraction of sp³-hybridized carbons (Fsp3) is 0.222. The Morgan fingerprint density at radius 3 is 2.41 bits per heavy atom. The predicted molar refractivity (Wildman–Crippen MR) is 142 cm³/mol.